The number of rotatable bonds is 54. The van der Waals surface area contributed by atoms with Gasteiger partial charge in [-0.1, -0.05) is 235 Å². The van der Waals surface area contributed by atoms with Crippen LogP contribution >= 0.6 is 7.82 Å². The van der Waals surface area contributed by atoms with Crippen LogP contribution in [0.25, 0.3) is 0 Å². The van der Waals surface area contributed by atoms with Crippen molar-refractivity contribution in [2.45, 2.75) is 277 Å². The molecule has 0 aromatic rings. The maximum absolute atomic E-state index is 13.4. The fraction of sp³-hybridized carbons (Fsp3) is 0.778. The van der Waals surface area contributed by atoms with E-state index in [2.05, 4.69) is 80.8 Å². The van der Waals surface area contributed by atoms with Crippen LogP contribution in [0.4, 0.5) is 0 Å². The predicted molar refractivity (Wildman–Crippen MR) is 312 cm³/mol. The minimum atomic E-state index is -4.71. The quantitative estimate of drug-likeness (QED) is 0.0212. The predicted octanol–water partition coefficient (Wildman–Crippen LogP) is 17.8. The Morgan fingerprint density at radius 3 is 1.30 bits per heavy atom. The number of phosphoric ester groups is 1. The summed E-state index contributed by atoms with van der Waals surface area (Å²) in [7, 11) is 1.15. The lowest BCUT2D eigenvalue weighted by Gasteiger charge is -2.30. The van der Waals surface area contributed by atoms with Crippen molar-refractivity contribution in [1.82, 2.24) is 5.32 Å². The number of quaternary nitrogens is 1. The summed E-state index contributed by atoms with van der Waals surface area (Å²) in [6.45, 7) is 6.75. The summed E-state index contributed by atoms with van der Waals surface area (Å²) >= 11 is 0. The number of likely N-dealkylation sites (N-methyl/N-ethyl adjacent to an activating group) is 1. The number of hydrogen-bond acceptors (Lipinski definition) is 7. The molecule has 0 rings (SSSR count). The monoisotopic (exact) mass is 1040 g/mol. The van der Waals surface area contributed by atoms with E-state index in [1.54, 1.807) is 0 Å². The first-order valence-electron chi connectivity index (χ1n) is 30.2. The van der Waals surface area contributed by atoms with E-state index in [0.717, 1.165) is 77.0 Å². The van der Waals surface area contributed by atoms with E-state index in [1.807, 2.05) is 39.4 Å². The Hall–Kier alpha value is -2.55. The van der Waals surface area contributed by atoms with Crippen molar-refractivity contribution in [3.05, 3.63) is 72.9 Å². The third-order valence-corrected chi connectivity index (χ3v) is 14.1. The fourth-order valence-corrected chi connectivity index (χ4v) is 9.12. The molecule has 0 radical (unpaired) electrons. The Bertz CT molecular complexity index is 1480. The molecule has 9 nitrogen and oxygen atoms in total. The van der Waals surface area contributed by atoms with E-state index in [9.17, 15) is 19.0 Å². The summed E-state index contributed by atoms with van der Waals surface area (Å²) < 4.78 is 30.2. The van der Waals surface area contributed by atoms with E-state index in [1.165, 1.54) is 148 Å². The SMILES string of the molecule is CCCCC/C=C\C/C=C\C/C=C\CCCCCCCCCCCCC(=O)OC(/C=C\CCCCCCCCCCC)C(COP(=O)([O-])OCC[N+](C)(C)C)NC(=O)CC/C=C/C/C=C\CCCCCCCC. The van der Waals surface area contributed by atoms with Crippen molar-refractivity contribution < 1.29 is 37.3 Å². The molecule has 0 aliphatic carbocycles. The molecular formula is C63H115N2O7P. The lowest BCUT2D eigenvalue weighted by atomic mass is 10.0. The van der Waals surface area contributed by atoms with Crippen molar-refractivity contribution in [2.24, 2.45) is 0 Å². The van der Waals surface area contributed by atoms with Crippen LogP contribution in [0.15, 0.2) is 72.9 Å². The highest BCUT2D eigenvalue weighted by atomic mass is 31.2. The molecule has 0 heterocycles. The van der Waals surface area contributed by atoms with Gasteiger partial charge in [-0.05, 0) is 89.5 Å². The van der Waals surface area contributed by atoms with Crippen LogP contribution in [0.2, 0.25) is 0 Å². The van der Waals surface area contributed by atoms with Gasteiger partial charge in [0.1, 0.15) is 19.3 Å². The van der Waals surface area contributed by atoms with Gasteiger partial charge in [0.25, 0.3) is 7.82 Å². The van der Waals surface area contributed by atoms with Gasteiger partial charge in [0.05, 0.1) is 33.8 Å². The average Bonchev–Trinajstić information content (AvgIpc) is 3.35. The summed E-state index contributed by atoms with van der Waals surface area (Å²) in [5, 5.41) is 2.98. The lowest BCUT2D eigenvalue weighted by molar-refractivity contribution is -0.870. The second-order valence-corrected chi connectivity index (χ2v) is 22.9. The molecule has 0 spiro atoms. The zero-order chi connectivity index (χ0) is 53.6. The molecule has 3 unspecified atom stereocenters. The number of hydrogen-bond donors (Lipinski definition) is 1. The fourth-order valence-electron chi connectivity index (χ4n) is 8.40. The molecule has 0 saturated heterocycles. The standard InChI is InChI=1S/C63H115N2O7P/c1-7-10-13-16-19-22-25-27-28-29-30-31-32-33-34-35-36-38-41-44-47-50-53-56-63(67)72-61(54-51-48-45-42-39-24-21-18-15-12-9-3)60(59-71-73(68,69)70-58-57-65(4,5)6)64-62(66)55-52-49-46-43-40-37-26-23-20-17-14-11-8-2/h19,22,27-28,30-31,37,40,46,49,51,54,60-61H,7-18,20-21,23-26,29,32-36,38-39,41-45,47-48,50,52-53,55-59H2,1-6H3,(H-,64,66,68,69)/b22-19-,28-27-,31-30-,40-37-,49-46+,54-51-. The Labute approximate surface area is 451 Å². The lowest BCUT2D eigenvalue weighted by Crippen LogP contribution is -2.47. The highest BCUT2D eigenvalue weighted by Gasteiger charge is 2.27. The van der Waals surface area contributed by atoms with Crippen molar-refractivity contribution in [3.63, 3.8) is 0 Å². The highest BCUT2D eigenvalue weighted by molar-refractivity contribution is 7.45. The number of amides is 1. The number of unbranched alkanes of at least 4 members (excludes halogenated alkanes) is 28. The molecule has 0 aliphatic rings. The molecule has 0 aromatic heterocycles. The first-order valence-corrected chi connectivity index (χ1v) is 31.7. The minimum Gasteiger partial charge on any atom is -0.756 e. The summed E-state index contributed by atoms with van der Waals surface area (Å²) in [4.78, 5) is 39.8. The normalized spacial score (nSPS) is 14.2. The largest absolute Gasteiger partial charge is 0.756 e. The summed E-state index contributed by atoms with van der Waals surface area (Å²) in [6, 6.07) is -0.921. The van der Waals surface area contributed by atoms with Crippen molar-refractivity contribution in [2.75, 3.05) is 40.9 Å². The molecule has 424 valence electrons. The Kier molecular flexibility index (Phi) is 51.0. The van der Waals surface area contributed by atoms with Gasteiger partial charge in [0, 0.05) is 12.8 Å². The van der Waals surface area contributed by atoms with Gasteiger partial charge < -0.3 is 28.5 Å². The molecule has 10 heteroatoms. The molecule has 0 aliphatic heterocycles. The van der Waals surface area contributed by atoms with Gasteiger partial charge in [0.15, 0.2) is 0 Å². The Morgan fingerprint density at radius 2 is 0.849 bits per heavy atom. The second-order valence-electron chi connectivity index (χ2n) is 21.5. The second kappa shape index (κ2) is 52.9. The summed E-state index contributed by atoms with van der Waals surface area (Å²) in [5.41, 5.74) is 0. The number of nitrogens with zero attached hydrogens (tertiary/aromatic N) is 1. The minimum absolute atomic E-state index is 0.0340. The van der Waals surface area contributed by atoms with Gasteiger partial charge in [-0.3, -0.25) is 14.2 Å². The zero-order valence-corrected chi connectivity index (χ0v) is 49.2. The zero-order valence-electron chi connectivity index (χ0n) is 48.3. The molecular weight excluding hydrogens is 928 g/mol. The van der Waals surface area contributed by atoms with Crippen LogP contribution in [-0.4, -0.2) is 69.4 Å². The van der Waals surface area contributed by atoms with Gasteiger partial charge in [-0.2, -0.15) is 0 Å². The summed E-state index contributed by atoms with van der Waals surface area (Å²) in [5.74, 6) is -0.624. The van der Waals surface area contributed by atoms with Crippen LogP contribution in [-0.2, 0) is 27.9 Å². The first-order chi connectivity index (χ1) is 35.4. The molecule has 0 saturated carbocycles. The van der Waals surface area contributed by atoms with Gasteiger partial charge in [0.2, 0.25) is 5.91 Å². The van der Waals surface area contributed by atoms with Crippen molar-refractivity contribution >= 4 is 19.7 Å². The van der Waals surface area contributed by atoms with E-state index < -0.39 is 26.6 Å². The van der Waals surface area contributed by atoms with Crippen LogP contribution in [0.5, 0.6) is 0 Å². The topological polar surface area (TPSA) is 114 Å². The number of nitrogens with one attached hydrogen (secondary N) is 1. The molecule has 3 atom stereocenters. The Morgan fingerprint density at radius 1 is 0.479 bits per heavy atom. The number of carbonyl (C=O) groups is 2. The van der Waals surface area contributed by atoms with Gasteiger partial charge in [-0.15, -0.1) is 0 Å². The van der Waals surface area contributed by atoms with Gasteiger partial charge >= 0.3 is 5.97 Å². The molecule has 73 heavy (non-hydrogen) atoms. The number of phosphoric acid groups is 1. The molecule has 0 aromatic carbocycles. The van der Waals surface area contributed by atoms with Crippen molar-refractivity contribution in [1.29, 1.82) is 0 Å². The Balaban J connectivity index is 5.22. The average molecular weight is 1040 g/mol. The first kappa shape index (κ1) is 70.5. The number of esters is 1. The smallest absolute Gasteiger partial charge is 0.306 e. The molecule has 1 amide bonds. The van der Waals surface area contributed by atoms with E-state index in [-0.39, 0.29) is 31.3 Å². The van der Waals surface area contributed by atoms with E-state index in [4.69, 9.17) is 13.8 Å². The third-order valence-electron chi connectivity index (χ3n) is 13.1. The number of allylic oxidation sites excluding steroid dienone is 11. The van der Waals surface area contributed by atoms with Crippen LogP contribution < -0.4 is 10.2 Å². The molecule has 0 bridgehead atoms. The summed E-state index contributed by atoms with van der Waals surface area (Å²) in [6.07, 6.45) is 67.5. The third kappa shape index (κ3) is 54.1. The van der Waals surface area contributed by atoms with Crippen LogP contribution in [0.1, 0.15) is 265 Å². The number of carbonyl (C=O) groups excluding carboxylic acids is 2. The van der Waals surface area contributed by atoms with Gasteiger partial charge in [-0.25, -0.2) is 0 Å². The van der Waals surface area contributed by atoms with E-state index in [0.29, 0.717) is 17.4 Å². The molecule has 1 N–H and O–H groups in total. The van der Waals surface area contributed by atoms with Crippen LogP contribution in [0.3, 0.4) is 0 Å². The number of ether oxygens (including phenoxy) is 1. The maximum Gasteiger partial charge on any atom is 0.306 e. The molecule has 0 fully saturated rings. The van der Waals surface area contributed by atoms with Crippen LogP contribution in [0, 0.1) is 0 Å². The van der Waals surface area contributed by atoms with E-state index >= 15 is 0 Å². The highest BCUT2D eigenvalue weighted by Crippen LogP contribution is 2.38. The maximum atomic E-state index is 13.4. The van der Waals surface area contributed by atoms with Crippen molar-refractivity contribution in [3.8, 4) is 0 Å².